The molecular formula is C34H40FN5O6. The predicted molar refractivity (Wildman–Crippen MR) is 170 cm³/mol. The molecule has 3 fully saturated rings. The Morgan fingerprint density at radius 1 is 1.11 bits per heavy atom. The van der Waals surface area contributed by atoms with E-state index in [1.165, 1.54) is 12.0 Å². The second-order valence-electron chi connectivity index (χ2n) is 12.4. The Morgan fingerprint density at radius 2 is 1.91 bits per heavy atom. The van der Waals surface area contributed by atoms with Crippen LogP contribution in [0.4, 0.5) is 10.2 Å². The van der Waals surface area contributed by atoms with Gasteiger partial charge < -0.3 is 34.3 Å². The van der Waals surface area contributed by atoms with Crippen LogP contribution in [0.15, 0.2) is 47.4 Å². The zero-order valence-electron chi connectivity index (χ0n) is 26.4. The topological polar surface area (TPSA) is 124 Å². The van der Waals surface area contributed by atoms with Crippen LogP contribution in [0.25, 0.3) is 11.1 Å². The number of likely N-dealkylation sites (tertiary alicyclic amines) is 1. The summed E-state index contributed by atoms with van der Waals surface area (Å²) in [5.41, 5.74) is 1.88. The van der Waals surface area contributed by atoms with E-state index in [4.69, 9.17) is 14.2 Å². The Hall–Kier alpha value is -4.29. The number of alkyl halides is 1. The molecule has 12 heteroatoms. The molecule has 6 rings (SSSR count). The molecule has 244 valence electrons. The summed E-state index contributed by atoms with van der Waals surface area (Å²) >= 11 is 0. The van der Waals surface area contributed by atoms with E-state index in [0.29, 0.717) is 35.5 Å². The second kappa shape index (κ2) is 13.6. The number of carbonyl (C=O) groups is 2. The van der Waals surface area contributed by atoms with Crippen molar-refractivity contribution in [3.8, 4) is 22.8 Å². The van der Waals surface area contributed by atoms with Crippen molar-refractivity contribution in [3.05, 3.63) is 69.6 Å². The summed E-state index contributed by atoms with van der Waals surface area (Å²) in [7, 11) is 1.51. The van der Waals surface area contributed by atoms with Crippen molar-refractivity contribution in [1.82, 2.24) is 19.8 Å². The van der Waals surface area contributed by atoms with Gasteiger partial charge >= 0.3 is 0 Å². The van der Waals surface area contributed by atoms with Crippen molar-refractivity contribution >= 4 is 17.6 Å². The molecule has 2 aromatic heterocycles. The summed E-state index contributed by atoms with van der Waals surface area (Å²) in [6, 6.07) is 10.1. The number of hydrogen-bond donors (Lipinski definition) is 2. The number of anilines is 1. The van der Waals surface area contributed by atoms with Gasteiger partial charge in [-0.05, 0) is 86.6 Å². The molecule has 0 unspecified atom stereocenters. The van der Waals surface area contributed by atoms with Gasteiger partial charge in [0.05, 0.1) is 38.0 Å². The van der Waals surface area contributed by atoms with Gasteiger partial charge in [0.25, 0.3) is 17.4 Å². The number of ether oxygens (including phenoxy) is 3. The molecule has 2 amide bonds. The molecule has 3 aliphatic rings. The van der Waals surface area contributed by atoms with E-state index >= 15 is 0 Å². The van der Waals surface area contributed by atoms with E-state index in [0.717, 1.165) is 37.9 Å². The summed E-state index contributed by atoms with van der Waals surface area (Å²) < 4.78 is 32.3. The number of methoxy groups -OCH3 is 1. The van der Waals surface area contributed by atoms with Crippen molar-refractivity contribution in [2.45, 2.75) is 70.5 Å². The lowest BCUT2D eigenvalue weighted by atomic mass is 9.97. The number of rotatable bonds is 12. The molecule has 0 bridgehead atoms. The van der Waals surface area contributed by atoms with Gasteiger partial charge in [0.15, 0.2) is 0 Å². The molecule has 1 aromatic carbocycles. The first-order valence-electron chi connectivity index (χ1n) is 15.9. The highest BCUT2D eigenvalue weighted by molar-refractivity contribution is 6.05. The molecule has 1 saturated carbocycles. The van der Waals surface area contributed by atoms with E-state index < -0.39 is 12.1 Å². The number of carbonyl (C=O) groups excluding carboxylic acids is 2. The Balaban J connectivity index is 1.31. The molecule has 2 aliphatic heterocycles. The first-order chi connectivity index (χ1) is 22.2. The Kier molecular flexibility index (Phi) is 9.37. The lowest BCUT2D eigenvalue weighted by Crippen LogP contribution is -2.51. The lowest BCUT2D eigenvalue weighted by Gasteiger charge is -2.34. The predicted octanol–water partition coefficient (Wildman–Crippen LogP) is 4.36. The minimum absolute atomic E-state index is 0.0146. The number of nitrogens with one attached hydrogen (secondary N) is 2. The number of nitrogens with zero attached hydrogens (tertiary/aromatic N) is 3. The van der Waals surface area contributed by atoms with Crippen molar-refractivity contribution in [2.24, 2.45) is 0 Å². The Bertz CT molecular complexity index is 1660. The van der Waals surface area contributed by atoms with Gasteiger partial charge in [-0.3, -0.25) is 14.4 Å². The number of hydrogen-bond acceptors (Lipinski definition) is 8. The fraction of sp³-hybridized carbons (Fsp3) is 0.471. The maximum Gasteiger partial charge on any atom is 0.263 e. The smallest absolute Gasteiger partial charge is 0.263 e. The van der Waals surface area contributed by atoms with Gasteiger partial charge in [-0.2, -0.15) is 4.98 Å². The van der Waals surface area contributed by atoms with Gasteiger partial charge in [-0.15, -0.1) is 0 Å². The summed E-state index contributed by atoms with van der Waals surface area (Å²) in [5.74, 6) is -0.0717. The van der Waals surface area contributed by atoms with E-state index in [2.05, 4.69) is 15.6 Å². The highest BCUT2D eigenvalue weighted by Gasteiger charge is 2.33. The fourth-order valence-corrected chi connectivity index (χ4v) is 5.78. The SMILES string of the molecule is COc1ccc(-c2cc(NC(=O)c3cc(CNC[C@@H]4CCCO4)cn(C4CC4)c3=O)nc(OC(C)C)c2)c(C(=O)N2CC(F)C2)c1. The van der Waals surface area contributed by atoms with Gasteiger partial charge in [-0.1, -0.05) is 0 Å². The molecule has 1 atom stereocenters. The van der Waals surface area contributed by atoms with Crippen LogP contribution in [0.5, 0.6) is 11.6 Å². The maximum absolute atomic E-state index is 13.7. The van der Waals surface area contributed by atoms with Crippen molar-refractivity contribution in [2.75, 3.05) is 38.7 Å². The molecule has 0 radical (unpaired) electrons. The minimum Gasteiger partial charge on any atom is -0.497 e. The van der Waals surface area contributed by atoms with Gasteiger partial charge in [0.1, 0.15) is 23.3 Å². The van der Waals surface area contributed by atoms with E-state index in [9.17, 15) is 18.8 Å². The molecule has 1 aliphatic carbocycles. The summed E-state index contributed by atoms with van der Waals surface area (Å²) in [5, 5.41) is 6.20. The third-order valence-corrected chi connectivity index (χ3v) is 8.30. The molecule has 2 saturated heterocycles. The minimum atomic E-state index is -1.05. The third kappa shape index (κ3) is 7.23. The van der Waals surface area contributed by atoms with E-state index in [1.54, 1.807) is 41.0 Å². The largest absolute Gasteiger partial charge is 0.497 e. The molecular weight excluding hydrogens is 593 g/mol. The van der Waals surface area contributed by atoms with Crippen molar-refractivity contribution < 1.29 is 28.2 Å². The van der Waals surface area contributed by atoms with Gasteiger partial charge in [-0.25, -0.2) is 4.39 Å². The van der Waals surface area contributed by atoms with Crippen LogP contribution in [-0.2, 0) is 11.3 Å². The van der Waals surface area contributed by atoms with Crippen LogP contribution in [0.1, 0.15) is 71.9 Å². The van der Waals surface area contributed by atoms with Crippen LogP contribution < -0.4 is 25.7 Å². The molecule has 0 spiro atoms. The average Bonchev–Trinajstić information content (AvgIpc) is 3.73. The monoisotopic (exact) mass is 633 g/mol. The summed E-state index contributed by atoms with van der Waals surface area (Å²) in [6.07, 6.45) is 4.57. The molecule has 4 heterocycles. The standard InChI is InChI=1S/C34H40FN5O6/c1-20(2)46-31-13-22(27-9-8-25(44-3)14-28(27)33(42)39-18-23(35)19-39)12-30(37-31)38-32(41)29-11-21(15-36-16-26-5-4-10-45-26)17-40(34(29)43)24-6-7-24/h8-9,11-14,17,20,23-24,26,36H,4-7,10,15-16,18-19H2,1-3H3,(H,37,38,41)/t26-/m0/s1. The molecule has 46 heavy (non-hydrogen) atoms. The summed E-state index contributed by atoms with van der Waals surface area (Å²) in [4.78, 5) is 46.5. The van der Waals surface area contributed by atoms with Crippen LogP contribution in [-0.4, -0.2) is 78.0 Å². The Morgan fingerprint density at radius 3 is 2.59 bits per heavy atom. The molecule has 11 nitrogen and oxygen atoms in total. The number of amides is 2. The number of benzene rings is 1. The molecule has 2 N–H and O–H groups in total. The third-order valence-electron chi connectivity index (χ3n) is 8.30. The lowest BCUT2D eigenvalue weighted by molar-refractivity contribution is 0.0400. The summed E-state index contributed by atoms with van der Waals surface area (Å²) in [6.45, 7) is 5.71. The number of halogens is 1. The highest BCUT2D eigenvalue weighted by Crippen LogP contribution is 2.35. The van der Waals surface area contributed by atoms with Gasteiger partial charge in [0.2, 0.25) is 5.88 Å². The number of aromatic nitrogens is 2. The number of pyridine rings is 2. The fourth-order valence-electron chi connectivity index (χ4n) is 5.78. The van der Waals surface area contributed by atoms with Crippen LogP contribution in [0, 0.1) is 0 Å². The maximum atomic E-state index is 13.7. The van der Waals surface area contributed by atoms with Crippen LogP contribution >= 0.6 is 0 Å². The van der Waals surface area contributed by atoms with Crippen molar-refractivity contribution in [3.63, 3.8) is 0 Å². The second-order valence-corrected chi connectivity index (χ2v) is 12.4. The van der Waals surface area contributed by atoms with Gasteiger partial charge in [0, 0.05) is 38.0 Å². The first kappa shape index (κ1) is 31.7. The highest BCUT2D eigenvalue weighted by atomic mass is 19.1. The van der Waals surface area contributed by atoms with Crippen molar-refractivity contribution in [1.29, 1.82) is 0 Å². The normalized spacial score (nSPS) is 18.0. The molecule has 3 aromatic rings. The zero-order chi connectivity index (χ0) is 32.4. The zero-order valence-corrected chi connectivity index (χ0v) is 26.4. The first-order valence-corrected chi connectivity index (χ1v) is 15.9. The van der Waals surface area contributed by atoms with Crippen LogP contribution in [0.3, 0.4) is 0 Å². The average molecular weight is 634 g/mol. The quantitative estimate of drug-likeness (QED) is 0.302. The van der Waals surface area contributed by atoms with E-state index in [-0.39, 0.29) is 60.1 Å². The Labute approximate surface area is 267 Å². The van der Waals surface area contributed by atoms with Crippen LogP contribution in [0.2, 0.25) is 0 Å². The van der Waals surface area contributed by atoms with E-state index in [1.807, 2.05) is 20.0 Å².